The van der Waals surface area contributed by atoms with Gasteiger partial charge < -0.3 is 15.7 Å². The fourth-order valence-electron chi connectivity index (χ4n) is 2.56. The van der Waals surface area contributed by atoms with Crippen LogP contribution in [0, 0.1) is 0 Å². The number of rotatable bonds is 4. The summed E-state index contributed by atoms with van der Waals surface area (Å²) in [6, 6.07) is 0.623. The number of aliphatic hydroxyl groups is 1. The van der Waals surface area contributed by atoms with E-state index in [0.717, 1.165) is 24.3 Å². The van der Waals surface area contributed by atoms with Crippen molar-refractivity contribution >= 4 is 11.7 Å². The van der Waals surface area contributed by atoms with Crippen molar-refractivity contribution in [1.82, 2.24) is 9.91 Å². The van der Waals surface area contributed by atoms with E-state index < -0.39 is 65.7 Å². The van der Waals surface area contributed by atoms with Crippen molar-refractivity contribution in [2.75, 3.05) is 20.1 Å². The highest BCUT2D eigenvalue weighted by molar-refractivity contribution is 5.97. The number of β-amino-alcohol motifs (C(OH)–C–C–N with tert-alkyl or cyclic N) is 1. The van der Waals surface area contributed by atoms with Crippen LogP contribution in [0.5, 0.6) is 0 Å². The van der Waals surface area contributed by atoms with Gasteiger partial charge in [0.25, 0.3) is 0 Å². The maximum atomic E-state index is 12.9. The lowest BCUT2D eigenvalue weighted by Gasteiger charge is -2.46. The Kier molecular flexibility index (Phi) is 6.47. The average molecular weight is 478 g/mol. The maximum absolute atomic E-state index is 12.9. The summed E-state index contributed by atoms with van der Waals surface area (Å²) >= 11 is 0. The number of alkyl halides is 9. The number of carbonyl (C=O) groups excluding carboxylic acids is 1. The van der Waals surface area contributed by atoms with Gasteiger partial charge >= 0.3 is 18.5 Å². The highest BCUT2D eigenvalue weighted by Crippen LogP contribution is 2.38. The molecule has 3 N–H and O–H groups in total. The Labute approximate surface area is 174 Å². The van der Waals surface area contributed by atoms with Gasteiger partial charge in [0, 0.05) is 24.9 Å². The predicted octanol–water partition coefficient (Wildman–Crippen LogP) is 2.93. The van der Waals surface area contributed by atoms with Crippen LogP contribution in [-0.4, -0.2) is 58.7 Å². The van der Waals surface area contributed by atoms with Crippen LogP contribution in [0.2, 0.25) is 0 Å². The van der Waals surface area contributed by atoms with Crippen LogP contribution in [0.1, 0.15) is 16.7 Å². The molecule has 0 unspecified atom stereocenters. The first-order valence-corrected chi connectivity index (χ1v) is 8.46. The molecule has 1 aromatic rings. The van der Waals surface area contributed by atoms with E-state index in [1.165, 1.54) is 0 Å². The van der Waals surface area contributed by atoms with E-state index in [4.69, 9.17) is 5.73 Å². The standard InChI is InChI=1S/C17H15F9N4O2/c1-29(3-2-12(31)30-7-14(32,8-30)17(24,25)26)28-13(27)9-4-10(15(18,19)20)6-11(5-9)16(21,22)23/h2-6,32H,7-8H2,1H3,(H2,27,28)/b3-2-. The Morgan fingerprint density at radius 3 is 1.94 bits per heavy atom. The lowest BCUT2D eigenvalue weighted by Crippen LogP contribution is -2.70. The Bertz CT molecular complexity index is 897. The minimum absolute atomic E-state index is 0.0890. The van der Waals surface area contributed by atoms with Crippen molar-refractivity contribution in [2.45, 2.75) is 24.1 Å². The number of amidine groups is 1. The molecule has 0 radical (unpaired) electrons. The number of halogens is 9. The largest absolute Gasteiger partial charge is 0.420 e. The van der Waals surface area contributed by atoms with Crippen molar-refractivity contribution in [2.24, 2.45) is 10.8 Å². The number of carbonyl (C=O) groups is 1. The maximum Gasteiger partial charge on any atom is 0.420 e. The van der Waals surface area contributed by atoms with Gasteiger partial charge in [-0.15, -0.1) is 0 Å². The molecular formula is C17H15F9N4O2. The van der Waals surface area contributed by atoms with Gasteiger partial charge in [-0.05, 0) is 18.2 Å². The molecule has 0 aromatic heterocycles. The van der Waals surface area contributed by atoms with Gasteiger partial charge in [-0.3, -0.25) is 9.80 Å². The number of nitrogens with two attached hydrogens (primary N) is 1. The van der Waals surface area contributed by atoms with Crippen molar-refractivity contribution in [3.63, 3.8) is 0 Å². The van der Waals surface area contributed by atoms with E-state index >= 15 is 0 Å². The molecule has 1 aliphatic rings. The molecule has 1 aliphatic heterocycles. The third kappa shape index (κ3) is 5.63. The minimum atomic E-state index is -5.09. The fourth-order valence-corrected chi connectivity index (χ4v) is 2.56. The van der Waals surface area contributed by atoms with Crippen LogP contribution in [0.4, 0.5) is 39.5 Å². The second-order valence-electron chi connectivity index (χ2n) is 6.89. The molecule has 1 fully saturated rings. The van der Waals surface area contributed by atoms with Crippen LogP contribution >= 0.6 is 0 Å². The normalized spacial score (nSPS) is 17.5. The summed E-state index contributed by atoms with van der Waals surface area (Å²) in [4.78, 5) is 12.5. The Hall–Kier alpha value is -2.97. The number of likely N-dealkylation sites (tertiary alicyclic amines) is 1. The summed E-state index contributed by atoms with van der Waals surface area (Å²) in [7, 11) is 1.12. The smallest absolute Gasteiger partial charge is 0.382 e. The SMILES string of the molecule is CN(/C=C\C(=O)N1CC(O)(C(F)(F)F)C1)/N=C(\N)c1cc(C(F)(F)F)cc(C(F)(F)F)c1. The van der Waals surface area contributed by atoms with E-state index in [0.29, 0.717) is 17.0 Å². The zero-order chi connectivity index (χ0) is 24.7. The van der Waals surface area contributed by atoms with Gasteiger partial charge in [-0.2, -0.15) is 44.6 Å². The van der Waals surface area contributed by atoms with Crippen LogP contribution in [0.3, 0.4) is 0 Å². The van der Waals surface area contributed by atoms with Crippen LogP contribution < -0.4 is 5.73 Å². The number of hydrogen-bond donors (Lipinski definition) is 2. The van der Waals surface area contributed by atoms with Gasteiger partial charge in [-0.1, -0.05) is 0 Å². The molecule has 0 aliphatic carbocycles. The first-order chi connectivity index (χ1) is 14.3. The Balaban J connectivity index is 2.16. The lowest BCUT2D eigenvalue weighted by molar-refractivity contribution is -0.296. The minimum Gasteiger partial charge on any atom is -0.382 e. The molecule has 6 nitrogen and oxygen atoms in total. The van der Waals surface area contributed by atoms with Crippen molar-refractivity contribution in [3.05, 3.63) is 47.2 Å². The summed E-state index contributed by atoms with van der Waals surface area (Å²) < 4.78 is 115. The zero-order valence-corrected chi connectivity index (χ0v) is 16.0. The second kappa shape index (κ2) is 8.18. The van der Waals surface area contributed by atoms with E-state index in [2.05, 4.69) is 5.10 Å². The molecule has 32 heavy (non-hydrogen) atoms. The molecule has 0 saturated carbocycles. The molecular weight excluding hydrogens is 463 g/mol. The molecule has 178 valence electrons. The van der Waals surface area contributed by atoms with E-state index in [1.807, 2.05) is 0 Å². The number of nitrogens with zero attached hydrogens (tertiary/aromatic N) is 3. The highest BCUT2D eigenvalue weighted by atomic mass is 19.4. The van der Waals surface area contributed by atoms with Gasteiger partial charge in [0.05, 0.1) is 24.2 Å². The van der Waals surface area contributed by atoms with E-state index in [9.17, 15) is 49.4 Å². The molecule has 0 bridgehead atoms. The molecule has 1 aromatic carbocycles. The summed E-state index contributed by atoms with van der Waals surface area (Å²) in [6.45, 7) is -2.00. The number of hydrogen-bond acceptors (Lipinski definition) is 4. The topological polar surface area (TPSA) is 82.2 Å². The highest BCUT2D eigenvalue weighted by Gasteiger charge is 2.61. The Morgan fingerprint density at radius 1 is 1.06 bits per heavy atom. The lowest BCUT2D eigenvalue weighted by atomic mass is 9.93. The molecule has 1 amide bonds. The van der Waals surface area contributed by atoms with Crippen molar-refractivity contribution in [1.29, 1.82) is 0 Å². The van der Waals surface area contributed by atoms with Crippen LogP contribution in [0.15, 0.2) is 35.6 Å². The molecule has 15 heteroatoms. The average Bonchev–Trinajstić information content (AvgIpc) is 2.60. The van der Waals surface area contributed by atoms with Gasteiger partial charge in [0.2, 0.25) is 5.91 Å². The molecule has 0 spiro atoms. The van der Waals surface area contributed by atoms with Gasteiger partial charge in [0.15, 0.2) is 11.4 Å². The number of hydrazone groups is 1. The molecule has 1 heterocycles. The molecule has 1 saturated heterocycles. The summed E-state index contributed by atoms with van der Waals surface area (Å²) in [5.74, 6) is -1.70. The quantitative estimate of drug-likeness (QED) is 0.229. The van der Waals surface area contributed by atoms with Crippen molar-refractivity contribution in [3.8, 4) is 0 Å². The predicted molar refractivity (Wildman–Crippen MR) is 91.7 cm³/mol. The van der Waals surface area contributed by atoms with Crippen molar-refractivity contribution < 1.29 is 49.4 Å². The first kappa shape index (κ1) is 25.3. The summed E-state index contributed by atoms with van der Waals surface area (Å²) in [6.07, 6.45) is -13.5. The van der Waals surface area contributed by atoms with Crippen LogP contribution in [0.25, 0.3) is 0 Å². The van der Waals surface area contributed by atoms with E-state index in [1.54, 1.807) is 0 Å². The first-order valence-electron chi connectivity index (χ1n) is 8.46. The molecule has 0 atom stereocenters. The Morgan fingerprint density at radius 2 is 1.53 bits per heavy atom. The zero-order valence-electron chi connectivity index (χ0n) is 16.0. The summed E-state index contributed by atoms with van der Waals surface area (Å²) in [5, 5.41) is 13.6. The number of benzene rings is 1. The third-order valence-electron chi connectivity index (χ3n) is 4.33. The van der Waals surface area contributed by atoms with Crippen LogP contribution in [-0.2, 0) is 17.1 Å². The third-order valence-corrected chi connectivity index (χ3v) is 4.33. The van der Waals surface area contributed by atoms with Gasteiger partial charge in [0.1, 0.15) is 0 Å². The monoisotopic (exact) mass is 478 g/mol. The van der Waals surface area contributed by atoms with Gasteiger partial charge in [-0.25, -0.2) is 0 Å². The van der Waals surface area contributed by atoms with E-state index in [-0.39, 0.29) is 6.07 Å². The fraction of sp³-hybridized carbons (Fsp3) is 0.412. The summed E-state index contributed by atoms with van der Waals surface area (Å²) in [5.41, 5.74) is -1.44. The number of amides is 1. The molecule has 2 rings (SSSR count). The second-order valence-corrected chi connectivity index (χ2v) is 6.89.